The van der Waals surface area contributed by atoms with Crippen molar-refractivity contribution in [2.75, 3.05) is 13.1 Å². The molecule has 0 radical (unpaired) electrons. The molecule has 0 amide bonds. The first kappa shape index (κ1) is 13.6. The van der Waals surface area contributed by atoms with E-state index in [1.165, 1.54) is 37.9 Å². The van der Waals surface area contributed by atoms with E-state index in [0.717, 1.165) is 18.2 Å². The minimum atomic E-state index is -0.775. The summed E-state index contributed by atoms with van der Waals surface area (Å²) < 4.78 is 0. The highest BCUT2D eigenvalue weighted by Crippen LogP contribution is 2.28. The Kier molecular flexibility index (Phi) is 4.03. The van der Waals surface area contributed by atoms with Gasteiger partial charge in [0.1, 0.15) is 0 Å². The first-order valence-electron chi connectivity index (χ1n) is 7.49. The number of hydrogen-bond donors (Lipinski definition) is 2. The zero-order valence-corrected chi connectivity index (χ0v) is 11.7. The van der Waals surface area contributed by atoms with Gasteiger partial charge in [0.25, 0.3) is 0 Å². The van der Waals surface area contributed by atoms with Crippen molar-refractivity contribution in [1.29, 1.82) is 0 Å². The molecule has 1 aromatic carbocycles. The number of aliphatic carboxylic acids is 1. The summed E-state index contributed by atoms with van der Waals surface area (Å²) >= 11 is 0. The first-order chi connectivity index (χ1) is 9.72. The molecule has 4 heteroatoms. The van der Waals surface area contributed by atoms with Gasteiger partial charge < -0.3 is 10.4 Å². The third-order valence-electron chi connectivity index (χ3n) is 4.55. The van der Waals surface area contributed by atoms with Crippen molar-refractivity contribution < 1.29 is 9.90 Å². The highest BCUT2D eigenvalue weighted by molar-refractivity contribution is 5.70. The lowest BCUT2D eigenvalue weighted by molar-refractivity contribution is -0.136. The van der Waals surface area contributed by atoms with Crippen molar-refractivity contribution >= 4 is 5.97 Å². The third-order valence-corrected chi connectivity index (χ3v) is 4.55. The number of nitrogens with one attached hydrogen (secondary N) is 1. The second-order valence-corrected chi connectivity index (χ2v) is 5.91. The zero-order chi connectivity index (χ0) is 13.9. The van der Waals surface area contributed by atoms with Crippen LogP contribution in [-0.4, -0.2) is 41.1 Å². The molecule has 2 aliphatic heterocycles. The Bertz CT molecular complexity index is 472. The van der Waals surface area contributed by atoms with Gasteiger partial charge in [-0.2, -0.15) is 0 Å². The summed E-state index contributed by atoms with van der Waals surface area (Å²) in [5.74, 6) is -0.775. The molecule has 20 heavy (non-hydrogen) atoms. The number of carboxylic acid groups (broad SMARTS) is 1. The van der Waals surface area contributed by atoms with Gasteiger partial charge in [0.05, 0.1) is 6.42 Å². The van der Waals surface area contributed by atoms with E-state index < -0.39 is 5.97 Å². The van der Waals surface area contributed by atoms with Gasteiger partial charge in [0.2, 0.25) is 0 Å². The van der Waals surface area contributed by atoms with E-state index >= 15 is 0 Å². The van der Waals surface area contributed by atoms with Crippen molar-refractivity contribution in [2.24, 2.45) is 0 Å². The molecule has 2 aliphatic rings. The van der Waals surface area contributed by atoms with Crippen LogP contribution in [0.4, 0.5) is 0 Å². The number of nitrogens with zero attached hydrogens (tertiary/aromatic N) is 1. The monoisotopic (exact) mass is 274 g/mol. The predicted octanol–water partition coefficient (Wildman–Crippen LogP) is 1.64. The Morgan fingerprint density at radius 2 is 1.95 bits per heavy atom. The summed E-state index contributed by atoms with van der Waals surface area (Å²) in [5, 5.41) is 12.4. The highest BCUT2D eigenvalue weighted by Gasteiger charge is 2.36. The summed E-state index contributed by atoms with van der Waals surface area (Å²) in [6.07, 6.45) is 4.02. The maximum absolute atomic E-state index is 10.6. The smallest absolute Gasteiger partial charge is 0.307 e. The van der Waals surface area contributed by atoms with Gasteiger partial charge in [0.15, 0.2) is 0 Å². The predicted molar refractivity (Wildman–Crippen MR) is 77.6 cm³/mol. The maximum Gasteiger partial charge on any atom is 0.307 e. The van der Waals surface area contributed by atoms with Crippen molar-refractivity contribution in [3.05, 3.63) is 35.4 Å². The summed E-state index contributed by atoms with van der Waals surface area (Å²) in [4.78, 5) is 13.2. The standard InChI is InChI=1S/C16H22N2O2/c19-16(20)10-12-3-5-13(6-4-12)11-17-14-7-9-18-8-1-2-15(14)18/h3-6,14-15,17H,1-2,7-11H2,(H,19,20). The number of hydrogen-bond acceptors (Lipinski definition) is 3. The van der Waals surface area contributed by atoms with Gasteiger partial charge in [-0.25, -0.2) is 0 Å². The summed E-state index contributed by atoms with van der Waals surface area (Å²) in [6, 6.07) is 9.26. The lowest BCUT2D eigenvalue weighted by atomic mass is 10.1. The minimum Gasteiger partial charge on any atom is -0.481 e. The Labute approximate surface area is 119 Å². The number of fused-ring (bicyclic) bond motifs is 1. The van der Waals surface area contributed by atoms with Gasteiger partial charge in [-0.05, 0) is 36.9 Å². The molecule has 4 nitrogen and oxygen atoms in total. The van der Waals surface area contributed by atoms with Crippen LogP contribution in [0.5, 0.6) is 0 Å². The van der Waals surface area contributed by atoms with Crippen LogP contribution in [0.3, 0.4) is 0 Å². The second kappa shape index (κ2) is 5.94. The molecular weight excluding hydrogens is 252 g/mol. The third kappa shape index (κ3) is 3.02. The van der Waals surface area contributed by atoms with Crippen molar-refractivity contribution in [2.45, 2.75) is 44.3 Å². The highest BCUT2D eigenvalue weighted by atomic mass is 16.4. The molecule has 108 valence electrons. The minimum absolute atomic E-state index is 0.105. The van der Waals surface area contributed by atoms with Crippen LogP contribution in [0, 0.1) is 0 Å². The van der Waals surface area contributed by atoms with Gasteiger partial charge >= 0.3 is 5.97 Å². The van der Waals surface area contributed by atoms with E-state index in [1.54, 1.807) is 0 Å². The molecule has 0 saturated carbocycles. The lowest BCUT2D eigenvalue weighted by Gasteiger charge is -2.21. The van der Waals surface area contributed by atoms with Crippen LogP contribution in [0.15, 0.2) is 24.3 Å². The Hall–Kier alpha value is -1.39. The molecule has 2 atom stereocenters. The molecule has 0 spiro atoms. The van der Waals surface area contributed by atoms with Crippen LogP contribution in [0.2, 0.25) is 0 Å². The van der Waals surface area contributed by atoms with E-state index in [-0.39, 0.29) is 6.42 Å². The van der Waals surface area contributed by atoms with Crippen LogP contribution in [0.25, 0.3) is 0 Å². The van der Waals surface area contributed by atoms with Crippen molar-refractivity contribution in [3.8, 4) is 0 Å². The molecular formula is C16H22N2O2. The Morgan fingerprint density at radius 1 is 1.20 bits per heavy atom. The van der Waals surface area contributed by atoms with Crippen molar-refractivity contribution in [3.63, 3.8) is 0 Å². The molecule has 3 rings (SSSR count). The number of benzene rings is 1. The summed E-state index contributed by atoms with van der Waals surface area (Å²) in [5.41, 5.74) is 2.10. The zero-order valence-electron chi connectivity index (χ0n) is 11.7. The van der Waals surface area contributed by atoms with E-state index in [1.807, 2.05) is 24.3 Å². The number of carboxylic acids is 1. The van der Waals surface area contributed by atoms with Gasteiger partial charge in [-0.1, -0.05) is 24.3 Å². The van der Waals surface area contributed by atoms with E-state index in [2.05, 4.69) is 10.2 Å². The van der Waals surface area contributed by atoms with E-state index in [4.69, 9.17) is 5.11 Å². The molecule has 2 fully saturated rings. The lowest BCUT2D eigenvalue weighted by Crippen LogP contribution is -2.38. The van der Waals surface area contributed by atoms with Crippen LogP contribution in [-0.2, 0) is 17.8 Å². The fourth-order valence-electron chi connectivity index (χ4n) is 3.52. The SMILES string of the molecule is O=C(O)Cc1ccc(CNC2CCN3CCCC23)cc1. The number of rotatable bonds is 5. The molecule has 2 unspecified atom stereocenters. The van der Waals surface area contributed by atoms with Gasteiger partial charge in [-0.3, -0.25) is 9.69 Å². The molecule has 0 aliphatic carbocycles. The first-order valence-corrected chi connectivity index (χ1v) is 7.49. The molecule has 2 heterocycles. The largest absolute Gasteiger partial charge is 0.481 e. The fraction of sp³-hybridized carbons (Fsp3) is 0.562. The van der Waals surface area contributed by atoms with E-state index in [9.17, 15) is 4.79 Å². The van der Waals surface area contributed by atoms with Gasteiger partial charge in [0, 0.05) is 25.2 Å². The van der Waals surface area contributed by atoms with Crippen LogP contribution >= 0.6 is 0 Å². The maximum atomic E-state index is 10.6. The Morgan fingerprint density at radius 3 is 2.70 bits per heavy atom. The quantitative estimate of drug-likeness (QED) is 0.857. The second-order valence-electron chi connectivity index (χ2n) is 5.91. The molecule has 2 N–H and O–H groups in total. The molecule has 0 aromatic heterocycles. The molecule has 1 aromatic rings. The molecule has 2 saturated heterocycles. The normalized spacial score (nSPS) is 25.8. The topological polar surface area (TPSA) is 52.6 Å². The van der Waals surface area contributed by atoms with Gasteiger partial charge in [-0.15, -0.1) is 0 Å². The average molecular weight is 274 g/mol. The Balaban J connectivity index is 1.52. The van der Waals surface area contributed by atoms with E-state index in [0.29, 0.717) is 6.04 Å². The molecule has 0 bridgehead atoms. The van der Waals surface area contributed by atoms with Crippen molar-refractivity contribution in [1.82, 2.24) is 10.2 Å². The van der Waals surface area contributed by atoms with Crippen LogP contribution < -0.4 is 5.32 Å². The van der Waals surface area contributed by atoms with Crippen LogP contribution in [0.1, 0.15) is 30.4 Å². The summed E-state index contributed by atoms with van der Waals surface area (Å²) in [6.45, 7) is 3.38. The number of carbonyl (C=O) groups is 1. The average Bonchev–Trinajstić information content (AvgIpc) is 3.01. The summed E-state index contributed by atoms with van der Waals surface area (Å²) in [7, 11) is 0. The fourth-order valence-corrected chi connectivity index (χ4v) is 3.52.